The molecule has 1 aromatic carbocycles. The van der Waals surface area contributed by atoms with Gasteiger partial charge in [-0.15, -0.1) is 11.3 Å². The van der Waals surface area contributed by atoms with Crippen molar-refractivity contribution in [2.75, 3.05) is 12.4 Å². The summed E-state index contributed by atoms with van der Waals surface area (Å²) in [6.07, 6.45) is 0. The summed E-state index contributed by atoms with van der Waals surface area (Å²) in [6, 6.07) is 6.11. The summed E-state index contributed by atoms with van der Waals surface area (Å²) in [5, 5.41) is 0. The van der Waals surface area contributed by atoms with Crippen molar-refractivity contribution in [3.63, 3.8) is 0 Å². The zero-order valence-electron chi connectivity index (χ0n) is 11.3. The molecule has 0 saturated heterocycles. The first-order valence-electron chi connectivity index (χ1n) is 6.14. The molecule has 0 amide bonds. The van der Waals surface area contributed by atoms with Crippen LogP contribution in [-0.4, -0.2) is 17.3 Å². The van der Waals surface area contributed by atoms with E-state index in [1.54, 1.807) is 11.3 Å². The molecule has 0 aliphatic heterocycles. The molecule has 0 fully saturated rings. The summed E-state index contributed by atoms with van der Waals surface area (Å²) in [6.45, 7) is 9.46. The Labute approximate surface area is 117 Å². The van der Waals surface area contributed by atoms with Crippen LogP contribution in [0.1, 0.15) is 27.7 Å². The van der Waals surface area contributed by atoms with E-state index in [1.165, 1.54) is 4.70 Å². The van der Waals surface area contributed by atoms with Crippen LogP contribution in [0.5, 0.6) is 5.75 Å². The molecule has 0 N–H and O–H groups in total. The molecule has 0 aliphatic rings. The highest BCUT2D eigenvalue weighted by Crippen LogP contribution is 2.34. The van der Waals surface area contributed by atoms with Crippen molar-refractivity contribution >= 4 is 33.3 Å². The molecule has 0 unspecified atom stereocenters. The second-order valence-corrected chi connectivity index (χ2v) is 7.64. The summed E-state index contributed by atoms with van der Waals surface area (Å²) < 4.78 is 7.86. The number of aromatic nitrogens is 1. The first-order valence-corrected chi connectivity index (χ1v) is 7.94. The molecule has 2 aromatic rings. The number of thiazole rings is 1. The fourth-order valence-electron chi connectivity index (χ4n) is 1.48. The molecular formula is C14H19NOS2. The molecule has 0 radical (unpaired) electrons. The Morgan fingerprint density at radius 2 is 2.11 bits per heavy atom. The minimum Gasteiger partial charge on any atom is -0.494 e. The summed E-state index contributed by atoms with van der Waals surface area (Å²) in [5.41, 5.74) is 1.40. The zero-order chi connectivity index (χ0) is 13.2. The van der Waals surface area contributed by atoms with Gasteiger partial charge in [-0.25, -0.2) is 4.98 Å². The Balaban J connectivity index is 2.16. The third-order valence-electron chi connectivity index (χ3n) is 2.28. The third kappa shape index (κ3) is 3.62. The summed E-state index contributed by atoms with van der Waals surface area (Å²) in [4.78, 5) is 4.64. The molecule has 1 aromatic heterocycles. The zero-order valence-corrected chi connectivity index (χ0v) is 13.0. The molecule has 4 heteroatoms. The number of nitrogens with zero attached hydrogens (tertiary/aromatic N) is 1. The van der Waals surface area contributed by atoms with E-state index in [9.17, 15) is 0 Å². The first kappa shape index (κ1) is 13.7. The van der Waals surface area contributed by atoms with Crippen molar-refractivity contribution in [2.24, 2.45) is 5.41 Å². The van der Waals surface area contributed by atoms with Gasteiger partial charge in [0.1, 0.15) is 5.75 Å². The summed E-state index contributed by atoms with van der Waals surface area (Å²) in [7, 11) is 0. The fraction of sp³-hybridized carbons (Fsp3) is 0.500. The van der Waals surface area contributed by atoms with E-state index >= 15 is 0 Å². The number of hydrogen-bond donors (Lipinski definition) is 0. The largest absolute Gasteiger partial charge is 0.494 e. The van der Waals surface area contributed by atoms with Crippen LogP contribution in [0.2, 0.25) is 0 Å². The van der Waals surface area contributed by atoms with Gasteiger partial charge in [0.05, 0.1) is 16.8 Å². The average molecular weight is 281 g/mol. The lowest BCUT2D eigenvalue weighted by Crippen LogP contribution is -2.07. The maximum Gasteiger partial charge on any atom is 0.151 e. The molecule has 98 valence electrons. The monoisotopic (exact) mass is 281 g/mol. The van der Waals surface area contributed by atoms with Gasteiger partial charge in [0.15, 0.2) is 4.34 Å². The van der Waals surface area contributed by atoms with E-state index in [2.05, 4.69) is 31.8 Å². The molecule has 0 spiro atoms. The predicted octanol–water partition coefficient (Wildman–Crippen LogP) is 4.83. The lowest BCUT2D eigenvalue weighted by atomic mass is 10.0. The van der Waals surface area contributed by atoms with Crippen LogP contribution in [0.4, 0.5) is 0 Å². The summed E-state index contributed by atoms with van der Waals surface area (Å²) >= 11 is 3.59. The van der Waals surface area contributed by atoms with Crippen molar-refractivity contribution in [1.29, 1.82) is 0 Å². The Morgan fingerprint density at radius 3 is 2.78 bits per heavy atom. The van der Waals surface area contributed by atoms with Crippen molar-refractivity contribution in [2.45, 2.75) is 32.0 Å². The molecule has 0 saturated carbocycles. The maximum absolute atomic E-state index is 5.51. The van der Waals surface area contributed by atoms with Gasteiger partial charge >= 0.3 is 0 Å². The van der Waals surface area contributed by atoms with Gasteiger partial charge in [0.2, 0.25) is 0 Å². The molecule has 0 aliphatic carbocycles. The van der Waals surface area contributed by atoms with E-state index in [0.29, 0.717) is 12.0 Å². The number of fused-ring (bicyclic) bond motifs is 1. The molecule has 2 rings (SSSR count). The minimum absolute atomic E-state index is 0.332. The number of rotatable bonds is 4. The van der Waals surface area contributed by atoms with E-state index in [4.69, 9.17) is 4.74 Å². The molecular weight excluding hydrogens is 262 g/mol. The highest BCUT2D eigenvalue weighted by Gasteiger charge is 2.13. The smallest absolute Gasteiger partial charge is 0.151 e. The van der Waals surface area contributed by atoms with Crippen LogP contribution >= 0.6 is 23.1 Å². The van der Waals surface area contributed by atoms with Gasteiger partial charge in [-0.1, -0.05) is 32.5 Å². The van der Waals surface area contributed by atoms with E-state index in [1.807, 2.05) is 30.8 Å². The summed E-state index contributed by atoms with van der Waals surface area (Å²) in [5.74, 6) is 2.02. The van der Waals surface area contributed by atoms with Crippen molar-refractivity contribution in [3.05, 3.63) is 18.2 Å². The second kappa shape index (κ2) is 5.49. The Hall–Kier alpha value is -0.740. The maximum atomic E-state index is 5.51. The van der Waals surface area contributed by atoms with Gasteiger partial charge in [0.25, 0.3) is 0 Å². The highest BCUT2D eigenvalue weighted by molar-refractivity contribution is 8.01. The second-order valence-electron chi connectivity index (χ2n) is 5.39. The lowest BCUT2D eigenvalue weighted by molar-refractivity contribution is 0.341. The van der Waals surface area contributed by atoms with Crippen LogP contribution in [0.3, 0.4) is 0 Å². The standard InChI is InChI=1S/C14H19NOS2/c1-5-16-10-6-7-11-12(8-10)18-13(15-11)17-9-14(2,3)4/h6-8H,5,9H2,1-4H3. The third-order valence-corrected chi connectivity index (χ3v) is 5.04. The molecule has 1 heterocycles. The van der Waals surface area contributed by atoms with Crippen molar-refractivity contribution in [1.82, 2.24) is 4.98 Å². The molecule has 0 bridgehead atoms. The highest BCUT2D eigenvalue weighted by atomic mass is 32.2. The van der Waals surface area contributed by atoms with E-state index in [-0.39, 0.29) is 0 Å². The Morgan fingerprint density at radius 1 is 1.33 bits per heavy atom. The van der Waals surface area contributed by atoms with Gasteiger partial charge in [-0.05, 0) is 30.5 Å². The van der Waals surface area contributed by atoms with Crippen molar-refractivity contribution in [3.8, 4) is 5.75 Å². The molecule has 0 atom stereocenters. The topological polar surface area (TPSA) is 22.1 Å². The first-order chi connectivity index (χ1) is 8.48. The Kier molecular flexibility index (Phi) is 4.17. The number of ether oxygens (including phenoxy) is 1. The quantitative estimate of drug-likeness (QED) is 0.749. The normalized spacial score (nSPS) is 12.0. The van der Waals surface area contributed by atoms with Crippen molar-refractivity contribution < 1.29 is 4.74 Å². The SMILES string of the molecule is CCOc1ccc2nc(SCC(C)(C)C)sc2c1. The minimum atomic E-state index is 0.332. The van der Waals surface area contributed by atoms with Crippen LogP contribution in [0, 0.1) is 5.41 Å². The molecule has 18 heavy (non-hydrogen) atoms. The van der Waals surface area contributed by atoms with Crippen LogP contribution in [0.15, 0.2) is 22.5 Å². The van der Waals surface area contributed by atoms with E-state index < -0.39 is 0 Å². The Bertz CT molecular complexity index is 528. The van der Waals surface area contributed by atoms with E-state index in [0.717, 1.165) is 21.4 Å². The van der Waals surface area contributed by atoms with Gasteiger partial charge in [-0.2, -0.15) is 0 Å². The van der Waals surface area contributed by atoms with Crippen LogP contribution in [0.25, 0.3) is 10.2 Å². The predicted molar refractivity (Wildman–Crippen MR) is 81.0 cm³/mol. The number of thioether (sulfide) groups is 1. The number of benzene rings is 1. The van der Waals surface area contributed by atoms with Gasteiger partial charge in [0, 0.05) is 5.75 Å². The fourth-order valence-corrected chi connectivity index (χ4v) is 3.61. The average Bonchev–Trinajstić information content (AvgIpc) is 2.68. The molecule has 2 nitrogen and oxygen atoms in total. The van der Waals surface area contributed by atoms with Gasteiger partial charge < -0.3 is 4.74 Å². The van der Waals surface area contributed by atoms with Gasteiger partial charge in [-0.3, -0.25) is 0 Å². The number of hydrogen-bond acceptors (Lipinski definition) is 4. The lowest BCUT2D eigenvalue weighted by Gasteiger charge is -2.15. The van der Waals surface area contributed by atoms with Crippen LogP contribution in [-0.2, 0) is 0 Å². The van der Waals surface area contributed by atoms with Crippen LogP contribution < -0.4 is 4.74 Å².